The molecule has 0 amide bonds. The lowest BCUT2D eigenvalue weighted by Crippen LogP contribution is -2.13. The zero-order valence-electron chi connectivity index (χ0n) is 10.4. The fourth-order valence-electron chi connectivity index (χ4n) is 2.28. The van der Waals surface area contributed by atoms with Crippen LogP contribution in [0, 0.1) is 0 Å². The Kier molecular flexibility index (Phi) is 3.18. The fourth-order valence-corrected chi connectivity index (χ4v) is 5.95. The molecular weight excluding hydrogens is 284 g/mol. The van der Waals surface area contributed by atoms with E-state index in [9.17, 15) is 8.42 Å². The summed E-state index contributed by atoms with van der Waals surface area (Å²) in [6.45, 7) is 0. The molecule has 0 saturated carbocycles. The van der Waals surface area contributed by atoms with Crippen LogP contribution in [0.3, 0.4) is 0 Å². The lowest BCUT2D eigenvalue weighted by atomic mass is 10.3. The van der Waals surface area contributed by atoms with E-state index in [1.54, 1.807) is 7.11 Å². The number of fused-ring (bicyclic) bond motifs is 1. The molecule has 7 heteroatoms. The Morgan fingerprint density at radius 2 is 2.16 bits per heavy atom. The number of amidine groups is 1. The van der Waals surface area contributed by atoms with Gasteiger partial charge in [0.15, 0.2) is 15.0 Å². The van der Waals surface area contributed by atoms with Gasteiger partial charge >= 0.3 is 0 Å². The maximum Gasteiger partial charge on any atom is 0.161 e. The molecule has 1 aromatic carbocycles. The van der Waals surface area contributed by atoms with E-state index in [1.807, 2.05) is 24.3 Å². The minimum Gasteiger partial charge on any atom is -0.495 e. The maximum atomic E-state index is 11.5. The second-order valence-corrected chi connectivity index (χ2v) is 7.94. The third-order valence-electron chi connectivity index (χ3n) is 3.17. The minimum atomic E-state index is -2.90. The van der Waals surface area contributed by atoms with Crippen molar-refractivity contribution in [1.82, 2.24) is 0 Å². The van der Waals surface area contributed by atoms with Crippen molar-refractivity contribution >= 4 is 32.5 Å². The van der Waals surface area contributed by atoms with Crippen LogP contribution in [0.4, 0.5) is 5.69 Å². The monoisotopic (exact) mass is 298 g/mol. The molecule has 19 heavy (non-hydrogen) atoms. The SMILES string of the molecule is COc1ccccc1NC1=NC2CS(=O)(=O)CC2S1. The number of benzene rings is 1. The molecule has 3 rings (SSSR count). The van der Waals surface area contributed by atoms with Crippen LogP contribution in [-0.2, 0) is 9.84 Å². The van der Waals surface area contributed by atoms with Gasteiger partial charge in [-0.25, -0.2) is 8.42 Å². The number of sulfone groups is 1. The fraction of sp³-hybridized carbons (Fsp3) is 0.417. The quantitative estimate of drug-likeness (QED) is 0.893. The van der Waals surface area contributed by atoms with Crippen molar-refractivity contribution in [1.29, 1.82) is 0 Å². The standard InChI is InChI=1S/C12H14N2O3S2/c1-17-10-5-3-2-4-8(10)13-12-14-9-6-19(15,16)7-11(9)18-12/h2-5,9,11H,6-7H2,1H3,(H,13,14). The van der Waals surface area contributed by atoms with E-state index in [0.29, 0.717) is 0 Å². The van der Waals surface area contributed by atoms with Crippen molar-refractivity contribution in [2.24, 2.45) is 4.99 Å². The Labute approximate surface area is 116 Å². The van der Waals surface area contributed by atoms with Crippen LogP contribution in [-0.4, -0.2) is 43.5 Å². The van der Waals surface area contributed by atoms with Gasteiger partial charge in [0.2, 0.25) is 0 Å². The van der Waals surface area contributed by atoms with Gasteiger partial charge in [0.05, 0.1) is 30.3 Å². The maximum absolute atomic E-state index is 11.5. The summed E-state index contributed by atoms with van der Waals surface area (Å²) in [5, 5.41) is 4.04. The molecule has 2 unspecified atom stereocenters. The van der Waals surface area contributed by atoms with Gasteiger partial charge in [-0.1, -0.05) is 23.9 Å². The summed E-state index contributed by atoms with van der Waals surface area (Å²) in [5.74, 6) is 1.14. The number of nitrogens with zero attached hydrogens (tertiary/aromatic N) is 1. The molecule has 2 aliphatic heterocycles. The van der Waals surface area contributed by atoms with E-state index in [1.165, 1.54) is 11.8 Å². The molecule has 0 radical (unpaired) electrons. The number of hydrogen-bond acceptors (Lipinski definition) is 6. The Morgan fingerprint density at radius 1 is 1.37 bits per heavy atom. The highest BCUT2D eigenvalue weighted by molar-refractivity contribution is 8.15. The van der Waals surface area contributed by atoms with Crippen LogP contribution in [0.25, 0.3) is 0 Å². The highest BCUT2D eigenvalue weighted by atomic mass is 32.2. The highest BCUT2D eigenvalue weighted by Crippen LogP contribution is 2.35. The van der Waals surface area contributed by atoms with Crippen LogP contribution in [0.5, 0.6) is 5.75 Å². The van der Waals surface area contributed by atoms with Crippen LogP contribution in [0.2, 0.25) is 0 Å². The molecule has 0 bridgehead atoms. The largest absolute Gasteiger partial charge is 0.495 e. The number of para-hydroxylation sites is 2. The predicted molar refractivity (Wildman–Crippen MR) is 77.9 cm³/mol. The van der Waals surface area contributed by atoms with Gasteiger partial charge in [-0.05, 0) is 12.1 Å². The summed E-state index contributed by atoms with van der Waals surface area (Å²) in [4.78, 5) is 4.45. The Balaban J connectivity index is 1.76. The number of methoxy groups -OCH3 is 1. The van der Waals surface area contributed by atoms with Crippen molar-refractivity contribution in [2.75, 3.05) is 23.9 Å². The normalized spacial score (nSPS) is 27.7. The van der Waals surface area contributed by atoms with E-state index in [-0.39, 0.29) is 22.8 Å². The molecule has 0 aliphatic carbocycles. The number of ether oxygens (including phenoxy) is 1. The number of rotatable bonds is 2. The van der Waals surface area contributed by atoms with Crippen molar-refractivity contribution < 1.29 is 13.2 Å². The predicted octanol–water partition coefficient (Wildman–Crippen LogP) is 1.38. The summed E-state index contributed by atoms with van der Waals surface area (Å²) in [6.07, 6.45) is 0. The average molecular weight is 298 g/mol. The molecule has 0 spiro atoms. The Hall–Kier alpha value is -1.21. The second-order valence-electron chi connectivity index (χ2n) is 4.56. The molecule has 5 nitrogen and oxygen atoms in total. The topological polar surface area (TPSA) is 67.8 Å². The van der Waals surface area contributed by atoms with E-state index < -0.39 is 9.84 Å². The molecule has 1 saturated heterocycles. The summed E-state index contributed by atoms with van der Waals surface area (Å²) in [7, 11) is -1.28. The molecule has 1 fully saturated rings. The minimum absolute atomic E-state index is 0.0576. The van der Waals surface area contributed by atoms with Gasteiger partial charge in [0.1, 0.15) is 5.75 Å². The third-order valence-corrected chi connectivity index (χ3v) is 6.31. The van der Waals surface area contributed by atoms with E-state index in [0.717, 1.165) is 16.6 Å². The van der Waals surface area contributed by atoms with E-state index in [2.05, 4.69) is 10.3 Å². The van der Waals surface area contributed by atoms with Crippen molar-refractivity contribution in [3.8, 4) is 5.75 Å². The lowest BCUT2D eigenvalue weighted by molar-refractivity contribution is 0.417. The number of nitrogens with one attached hydrogen (secondary N) is 1. The van der Waals surface area contributed by atoms with Crippen LogP contribution in [0.15, 0.2) is 29.3 Å². The van der Waals surface area contributed by atoms with Crippen molar-refractivity contribution in [3.05, 3.63) is 24.3 Å². The third kappa shape index (κ3) is 2.57. The molecule has 1 aromatic rings. The van der Waals surface area contributed by atoms with Gasteiger partial charge in [-0.2, -0.15) is 0 Å². The zero-order chi connectivity index (χ0) is 13.5. The second kappa shape index (κ2) is 4.72. The smallest absolute Gasteiger partial charge is 0.161 e. The van der Waals surface area contributed by atoms with Crippen LogP contribution >= 0.6 is 11.8 Å². The summed E-state index contributed by atoms with van der Waals surface area (Å²) < 4.78 is 28.2. The molecular formula is C12H14N2O3S2. The Bertz CT molecular complexity index is 628. The van der Waals surface area contributed by atoms with E-state index in [4.69, 9.17) is 4.74 Å². The molecule has 0 aromatic heterocycles. The van der Waals surface area contributed by atoms with Crippen molar-refractivity contribution in [2.45, 2.75) is 11.3 Å². The number of anilines is 1. The highest BCUT2D eigenvalue weighted by Gasteiger charge is 2.42. The summed E-state index contributed by atoms with van der Waals surface area (Å²) in [5.41, 5.74) is 0.846. The molecule has 2 atom stereocenters. The Morgan fingerprint density at radius 3 is 2.89 bits per heavy atom. The average Bonchev–Trinajstić information content (AvgIpc) is 2.82. The van der Waals surface area contributed by atoms with Gasteiger partial charge < -0.3 is 10.1 Å². The van der Waals surface area contributed by atoms with Crippen LogP contribution in [0.1, 0.15) is 0 Å². The first-order valence-corrected chi connectivity index (χ1v) is 8.62. The van der Waals surface area contributed by atoms with Gasteiger partial charge in [0, 0.05) is 5.25 Å². The van der Waals surface area contributed by atoms with Crippen LogP contribution < -0.4 is 10.1 Å². The molecule has 2 aliphatic rings. The number of aliphatic imine (C=N–C) groups is 1. The molecule has 102 valence electrons. The summed E-state index contributed by atoms with van der Waals surface area (Å²) >= 11 is 1.50. The van der Waals surface area contributed by atoms with E-state index >= 15 is 0 Å². The first-order valence-electron chi connectivity index (χ1n) is 5.92. The van der Waals surface area contributed by atoms with Gasteiger partial charge in [-0.3, -0.25) is 4.99 Å². The first-order chi connectivity index (χ1) is 9.07. The molecule has 1 N–H and O–H groups in total. The van der Waals surface area contributed by atoms with Gasteiger partial charge in [0.25, 0.3) is 0 Å². The first kappa shape index (κ1) is 12.8. The summed E-state index contributed by atoms with van der Waals surface area (Å²) in [6, 6.07) is 7.48. The lowest BCUT2D eigenvalue weighted by Gasteiger charge is -2.10. The zero-order valence-corrected chi connectivity index (χ0v) is 12.0. The van der Waals surface area contributed by atoms with Gasteiger partial charge in [-0.15, -0.1) is 0 Å². The van der Waals surface area contributed by atoms with Crippen molar-refractivity contribution in [3.63, 3.8) is 0 Å². The number of hydrogen-bond donors (Lipinski definition) is 1. The molecule has 2 heterocycles. The number of thioether (sulfide) groups is 1.